The summed E-state index contributed by atoms with van der Waals surface area (Å²) in [5.41, 5.74) is 0.897. The largest absolute Gasteiger partial charge is 0.357 e. The Morgan fingerprint density at radius 3 is 2.72 bits per heavy atom. The lowest BCUT2D eigenvalue weighted by molar-refractivity contribution is -0.380. The fourth-order valence-corrected chi connectivity index (χ4v) is 3.50. The number of nitrogens with zero attached hydrogens (tertiary/aromatic N) is 3. The van der Waals surface area contributed by atoms with Gasteiger partial charge < -0.3 is 10.2 Å². The molecule has 2 aromatic heterocycles. The number of nitro groups is 1. The van der Waals surface area contributed by atoms with Gasteiger partial charge in [-0.2, -0.15) is 0 Å². The molecule has 1 N–H and O–H groups in total. The zero-order valence-electron chi connectivity index (χ0n) is 14.0. The third kappa shape index (κ3) is 4.33. The molecule has 132 valence electrons. The van der Waals surface area contributed by atoms with Gasteiger partial charge in [-0.15, -0.1) is 0 Å². The summed E-state index contributed by atoms with van der Waals surface area (Å²) in [6.45, 7) is 4.68. The molecule has 0 aliphatic carbocycles. The summed E-state index contributed by atoms with van der Waals surface area (Å²) in [6, 6.07) is 6.75. The van der Waals surface area contributed by atoms with E-state index in [9.17, 15) is 14.9 Å². The molecule has 0 aromatic carbocycles. The normalized spacial score (nSPS) is 15.2. The first-order valence-corrected chi connectivity index (χ1v) is 9.07. The maximum Gasteiger partial charge on any atom is 0.324 e. The van der Waals surface area contributed by atoms with Crippen LogP contribution in [-0.4, -0.2) is 28.9 Å². The average Bonchev–Trinajstić information content (AvgIpc) is 3.11. The number of hydrogen-bond donors (Lipinski definition) is 1. The summed E-state index contributed by atoms with van der Waals surface area (Å²) in [5.74, 6) is 1.43. The van der Waals surface area contributed by atoms with Crippen LogP contribution in [0.3, 0.4) is 0 Å². The number of hydrogen-bond acceptors (Lipinski definition) is 6. The molecule has 1 saturated heterocycles. The molecule has 3 rings (SSSR count). The van der Waals surface area contributed by atoms with E-state index >= 15 is 0 Å². The Morgan fingerprint density at radius 2 is 2.12 bits per heavy atom. The minimum absolute atomic E-state index is 0.0352. The first kappa shape index (κ1) is 17.3. The molecule has 0 radical (unpaired) electrons. The molecule has 1 amide bonds. The van der Waals surface area contributed by atoms with Crippen LogP contribution in [0.15, 0.2) is 30.5 Å². The van der Waals surface area contributed by atoms with Gasteiger partial charge in [0.15, 0.2) is 0 Å². The Hall–Kier alpha value is -2.48. The molecular weight excluding hydrogens is 340 g/mol. The van der Waals surface area contributed by atoms with Crippen LogP contribution in [0.4, 0.5) is 10.8 Å². The fraction of sp³-hybridized carbons (Fsp3) is 0.412. The van der Waals surface area contributed by atoms with Crippen molar-refractivity contribution in [2.24, 2.45) is 5.92 Å². The summed E-state index contributed by atoms with van der Waals surface area (Å²) in [7, 11) is 0. The van der Waals surface area contributed by atoms with Gasteiger partial charge >= 0.3 is 5.00 Å². The Bertz CT molecular complexity index is 752. The highest BCUT2D eigenvalue weighted by Crippen LogP contribution is 2.24. The number of carbonyl (C=O) groups excluding carboxylic acids is 1. The lowest BCUT2D eigenvalue weighted by atomic mass is 9.99. The second kappa shape index (κ2) is 7.60. The number of piperidine rings is 1. The van der Waals surface area contributed by atoms with Crippen molar-refractivity contribution in [3.63, 3.8) is 0 Å². The number of rotatable bonds is 5. The van der Waals surface area contributed by atoms with Gasteiger partial charge in [0.25, 0.3) is 5.91 Å². The first-order chi connectivity index (χ1) is 12.0. The molecule has 1 aliphatic heterocycles. The number of amides is 1. The predicted octanol–water partition coefficient (Wildman–Crippen LogP) is 3.22. The van der Waals surface area contributed by atoms with Gasteiger partial charge in [0, 0.05) is 31.9 Å². The zero-order chi connectivity index (χ0) is 17.8. The van der Waals surface area contributed by atoms with Crippen LogP contribution >= 0.6 is 11.3 Å². The van der Waals surface area contributed by atoms with E-state index in [1.54, 1.807) is 6.20 Å². The van der Waals surface area contributed by atoms with Gasteiger partial charge in [0.2, 0.25) is 0 Å². The van der Waals surface area contributed by atoms with Gasteiger partial charge in [-0.05, 0) is 36.5 Å². The van der Waals surface area contributed by atoms with E-state index in [0.29, 0.717) is 11.4 Å². The molecule has 1 fully saturated rings. The molecule has 2 aromatic rings. The lowest BCUT2D eigenvalue weighted by Crippen LogP contribution is -2.33. The molecular formula is C17H20N4O3S. The highest BCUT2D eigenvalue weighted by Gasteiger charge is 2.17. The molecule has 0 spiro atoms. The minimum atomic E-state index is -0.495. The monoisotopic (exact) mass is 360 g/mol. The highest BCUT2D eigenvalue weighted by molar-refractivity contribution is 7.17. The van der Waals surface area contributed by atoms with Gasteiger partial charge in [-0.25, -0.2) is 4.98 Å². The molecule has 0 unspecified atom stereocenters. The van der Waals surface area contributed by atoms with Crippen molar-refractivity contribution in [1.29, 1.82) is 0 Å². The number of aromatic nitrogens is 1. The van der Waals surface area contributed by atoms with Crippen LogP contribution in [0, 0.1) is 16.0 Å². The molecule has 0 bridgehead atoms. The van der Waals surface area contributed by atoms with E-state index in [1.807, 2.05) is 12.1 Å². The molecule has 0 saturated carbocycles. The number of thiophene rings is 1. The van der Waals surface area contributed by atoms with E-state index in [4.69, 9.17) is 0 Å². The third-order valence-corrected chi connectivity index (χ3v) is 5.40. The van der Waals surface area contributed by atoms with E-state index in [-0.39, 0.29) is 10.9 Å². The lowest BCUT2D eigenvalue weighted by Gasteiger charge is -2.31. The Kier molecular flexibility index (Phi) is 5.28. The Morgan fingerprint density at radius 1 is 1.36 bits per heavy atom. The zero-order valence-corrected chi connectivity index (χ0v) is 14.8. The maximum atomic E-state index is 12.0. The predicted molar refractivity (Wildman–Crippen MR) is 97.0 cm³/mol. The number of anilines is 1. The van der Waals surface area contributed by atoms with Crippen molar-refractivity contribution in [2.45, 2.75) is 26.3 Å². The maximum absolute atomic E-state index is 12.0. The SMILES string of the molecule is CC1CCN(c2ccc(CNC(=O)c3ccc([N+](=O)[O-])s3)cn2)CC1. The van der Waals surface area contributed by atoms with Gasteiger partial charge in [-0.1, -0.05) is 24.3 Å². The molecule has 0 atom stereocenters. The Labute approximate surface area is 149 Å². The minimum Gasteiger partial charge on any atom is -0.357 e. The van der Waals surface area contributed by atoms with Gasteiger partial charge in [0.05, 0.1) is 9.80 Å². The molecule has 7 nitrogen and oxygen atoms in total. The summed E-state index contributed by atoms with van der Waals surface area (Å²) in [6.07, 6.45) is 4.14. The highest BCUT2D eigenvalue weighted by atomic mass is 32.1. The Balaban J connectivity index is 1.54. The van der Waals surface area contributed by atoms with E-state index in [1.165, 1.54) is 25.0 Å². The van der Waals surface area contributed by atoms with Crippen molar-refractivity contribution >= 4 is 28.1 Å². The van der Waals surface area contributed by atoms with Crippen molar-refractivity contribution in [2.75, 3.05) is 18.0 Å². The van der Waals surface area contributed by atoms with Crippen molar-refractivity contribution in [3.8, 4) is 0 Å². The topological polar surface area (TPSA) is 88.4 Å². The van der Waals surface area contributed by atoms with E-state index in [2.05, 4.69) is 22.1 Å². The second-order valence-electron chi connectivity index (χ2n) is 6.27. The summed E-state index contributed by atoms with van der Waals surface area (Å²) < 4.78 is 0. The summed E-state index contributed by atoms with van der Waals surface area (Å²) in [4.78, 5) is 29.3. The molecule has 3 heterocycles. The van der Waals surface area contributed by atoms with Crippen LogP contribution in [0.25, 0.3) is 0 Å². The smallest absolute Gasteiger partial charge is 0.324 e. The first-order valence-electron chi connectivity index (χ1n) is 8.25. The van der Waals surface area contributed by atoms with Crippen LogP contribution < -0.4 is 10.2 Å². The summed E-state index contributed by atoms with van der Waals surface area (Å²) in [5, 5.41) is 13.4. The molecule has 1 aliphatic rings. The van der Waals surface area contributed by atoms with E-state index in [0.717, 1.165) is 41.7 Å². The molecule has 8 heteroatoms. The quantitative estimate of drug-likeness (QED) is 0.653. The second-order valence-corrected chi connectivity index (χ2v) is 7.33. The van der Waals surface area contributed by atoms with Crippen LogP contribution in [-0.2, 0) is 6.54 Å². The van der Waals surface area contributed by atoms with Crippen LogP contribution in [0.1, 0.15) is 35.0 Å². The summed E-state index contributed by atoms with van der Waals surface area (Å²) >= 11 is 0.872. The average molecular weight is 360 g/mol. The van der Waals surface area contributed by atoms with Gasteiger partial charge in [0.1, 0.15) is 5.82 Å². The van der Waals surface area contributed by atoms with Crippen LogP contribution in [0.2, 0.25) is 0 Å². The van der Waals surface area contributed by atoms with Crippen molar-refractivity contribution in [1.82, 2.24) is 10.3 Å². The third-order valence-electron chi connectivity index (χ3n) is 4.37. The number of carbonyl (C=O) groups is 1. The van der Waals surface area contributed by atoms with Crippen molar-refractivity contribution in [3.05, 3.63) is 51.0 Å². The molecule has 25 heavy (non-hydrogen) atoms. The van der Waals surface area contributed by atoms with Crippen molar-refractivity contribution < 1.29 is 9.72 Å². The van der Waals surface area contributed by atoms with Crippen LogP contribution in [0.5, 0.6) is 0 Å². The van der Waals surface area contributed by atoms with Gasteiger partial charge in [-0.3, -0.25) is 14.9 Å². The standard InChI is InChI=1S/C17H20N4O3S/c1-12-6-8-20(9-7-12)15-4-2-13(10-18-15)11-19-17(22)14-3-5-16(25-14)21(23)24/h2-5,10,12H,6-9,11H2,1H3,(H,19,22). The number of nitrogens with one attached hydrogen (secondary N) is 1. The fourth-order valence-electron chi connectivity index (χ4n) is 2.76. The number of pyridine rings is 1. The van der Waals surface area contributed by atoms with E-state index < -0.39 is 4.92 Å².